The van der Waals surface area contributed by atoms with Crippen molar-refractivity contribution in [1.29, 1.82) is 0 Å². The second-order valence-corrected chi connectivity index (χ2v) is 9.97. The molecule has 13 heteroatoms. The van der Waals surface area contributed by atoms with E-state index in [9.17, 15) is 31.5 Å². The van der Waals surface area contributed by atoms with E-state index in [0.29, 0.717) is 43.9 Å². The van der Waals surface area contributed by atoms with E-state index < -0.39 is 47.5 Å². The highest BCUT2D eigenvalue weighted by Gasteiger charge is 2.33. The highest BCUT2D eigenvalue weighted by molar-refractivity contribution is 7.09. The first-order valence-electron chi connectivity index (χ1n) is 11.8. The first-order chi connectivity index (χ1) is 18.1. The number of hydrogen-bond acceptors (Lipinski definition) is 6. The molecule has 0 N–H and O–H groups in total. The normalized spacial score (nSPS) is 18.4. The summed E-state index contributed by atoms with van der Waals surface area (Å²) in [6, 6.07) is 5.09. The first kappa shape index (κ1) is 26.0. The van der Waals surface area contributed by atoms with Gasteiger partial charge in [0.05, 0.1) is 27.5 Å². The van der Waals surface area contributed by atoms with Gasteiger partial charge in [-0.15, -0.1) is 11.3 Å². The number of oxime groups is 1. The molecule has 0 unspecified atom stereocenters. The van der Waals surface area contributed by atoms with E-state index in [2.05, 4.69) is 10.1 Å². The molecule has 0 radical (unpaired) electrons. The number of thiazole rings is 1. The van der Waals surface area contributed by atoms with Crippen molar-refractivity contribution in [2.75, 3.05) is 13.1 Å². The number of carbonyl (C=O) groups excluding carboxylic acids is 1. The maximum Gasteiger partial charge on any atom is 0.417 e. The number of aromatic nitrogens is 2. The molecule has 0 saturated carbocycles. The van der Waals surface area contributed by atoms with Crippen LogP contribution in [0.3, 0.4) is 0 Å². The molecule has 38 heavy (non-hydrogen) atoms. The quantitative estimate of drug-likeness (QED) is 0.423. The topological polar surface area (TPSA) is 76.8 Å². The van der Waals surface area contributed by atoms with Crippen LogP contribution in [0.2, 0.25) is 0 Å². The average molecular weight is 553 g/mol. The number of amides is 1. The molecular formula is C25H21F5N4O3S. The largest absolute Gasteiger partial charge is 0.417 e. The van der Waals surface area contributed by atoms with Crippen LogP contribution in [0.1, 0.15) is 53.1 Å². The summed E-state index contributed by atoms with van der Waals surface area (Å²) in [6.07, 6.45) is -3.18. The first-order valence-corrected chi connectivity index (χ1v) is 12.7. The standard InChI is InChI=1S/C25H21F5N4O3S/c26-16-2-1-3-17(27)23(16)18-10-20(37-32-18)19-13-38-24(31-19)14-6-8-33(9-7-14)22(36)12-34-11-15(25(28,29)30)4-5-21(34)35/h1-5,11,13-14,20H,6-10,12H2/t20-/m0/s1. The van der Waals surface area contributed by atoms with Gasteiger partial charge in [-0.05, 0) is 31.0 Å². The van der Waals surface area contributed by atoms with Gasteiger partial charge in [-0.25, -0.2) is 13.8 Å². The predicted octanol–water partition coefficient (Wildman–Crippen LogP) is 4.87. The van der Waals surface area contributed by atoms with Gasteiger partial charge in [-0.2, -0.15) is 13.2 Å². The molecule has 2 aliphatic rings. The van der Waals surface area contributed by atoms with E-state index in [1.165, 1.54) is 22.3 Å². The zero-order valence-electron chi connectivity index (χ0n) is 19.8. The lowest BCUT2D eigenvalue weighted by molar-refractivity contribution is -0.139. The number of carbonyl (C=O) groups is 1. The minimum atomic E-state index is -4.62. The van der Waals surface area contributed by atoms with Crippen molar-refractivity contribution in [3.63, 3.8) is 0 Å². The van der Waals surface area contributed by atoms with Crippen molar-refractivity contribution in [3.05, 3.63) is 85.7 Å². The number of nitrogens with zero attached hydrogens (tertiary/aromatic N) is 4. The third-order valence-corrected chi connectivity index (χ3v) is 7.63. The zero-order valence-corrected chi connectivity index (χ0v) is 20.6. The molecule has 0 aliphatic carbocycles. The Morgan fingerprint density at radius 1 is 1.11 bits per heavy atom. The van der Waals surface area contributed by atoms with Crippen LogP contribution in [0.5, 0.6) is 0 Å². The van der Waals surface area contributed by atoms with Gasteiger partial charge in [0.25, 0.3) is 5.56 Å². The molecule has 1 amide bonds. The molecule has 0 spiro atoms. The summed E-state index contributed by atoms with van der Waals surface area (Å²) in [5.74, 6) is -1.81. The SMILES string of the molecule is O=C(Cn1cc(C(F)(F)F)ccc1=O)N1CCC(c2nc([C@@H]3CC(c4c(F)cccc4F)=NO3)cs2)CC1. The van der Waals surface area contributed by atoms with Gasteiger partial charge in [0.1, 0.15) is 18.2 Å². The van der Waals surface area contributed by atoms with Gasteiger partial charge in [0, 0.05) is 43.1 Å². The number of likely N-dealkylation sites (tertiary alicyclic amines) is 1. The van der Waals surface area contributed by atoms with Crippen molar-refractivity contribution in [2.24, 2.45) is 5.16 Å². The van der Waals surface area contributed by atoms with Crippen molar-refractivity contribution < 1.29 is 31.6 Å². The van der Waals surface area contributed by atoms with Gasteiger partial charge in [-0.3, -0.25) is 9.59 Å². The van der Waals surface area contributed by atoms with Crippen LogP contribution >= 0.6 is 11.3 Å². The van der Waals surface area contributed by atoms with E-state index in [1.54, 1.807) is 0 Å². The van der Waals surface area contributed by atoms with Crippen molar-refractivity contribution in [1.82, 2.24) is 14.5 Å². The van der Waals surface area contributed by atoms with Crippen LogP contribution in [0.4, 0.5) is 22.0 Å². The van der Waals surface area contributed by atoms with E-state index in [-0.39, 0.29) is 23.6 Å². The van der Waals surface area contributed by atoms with Crippen molar-refractivity contribution in [3.8, 4) is 0 Å². The van der Waals surface area contributed by atoms with Gasteiger partial charge in [-0.1, -0.05) is 11.2 Å². The molecule has 3 aromatic rings. The van der Waals surface area contributed by atoms with Crippen LogP contribution in [-0.4, -0.2) is 39.2 Å². The lowest BCUT2D eigenvalue weighted by Gasteiger charge is -2.31. The second kappa shape index (κ2) is 10.3. The predicted molar refractivity (Wildman–Crippen MR) is 128 cm³/mol. The fourth-order valence-corrected chi connectivity index (χ4v) is 5.57. The molecular weight excluding hydrogens is 531 g/mol. The smallest absolute Gasteiger partial charge is 0.385 e. The zero-order chi connectivity index (χ0) is 27.0. The summed E-state index contributed by atoms with van der Waals surface area (Å²) in [5.41, 5.74) is -1.12. The number of rotatable bonds is 5. The van der Waals surface area contributed by atoms with Crippen molar-refractivity contribution in [2.45, 2.75) is 44.0 Å². The van der Waals surface area contributed by atoms with E-state index in [4.69, 9.17) is 4.84 Å². The minimum absolute atomic E-state index is 0.0554. The Morgan fingerprint density at radius 3 is 2.50 bits per heavy atom. The van der Waals surface area contributed by atoms with Gasteiger partial charge >= 0.3 is 6.18 Å². The number of halogens is 5. The molecule has 1 atom stereocenters. The molecule has 200 valence electrons. The molecule has 7 nitrogen and oxygen atoms in total. The molecule has 0 bridgehead atoms. The van der Waals surface area contributed by atoms with Crippen LogP contribution in [0.25, 0.3) is 0 Å². The Balaban J connectivity index is 1.17. The molecule has 2 aliphatic heterocycles. The maximum atomic E-state index is 14.1. The fraction of sp³-hybridized carbons (Fsp3) is 0.360. The second-order valence-electron chi connectivity index (χ2n) is 9.08. The minimum Gasteiger partial charge on any atom is -0.385 e. The van der Waals surface area contributed by atoms with E-state index in [0.717, 1.165) is 27.8 Å². The highest BCUT2D eigenvalue weighted by Crippen LogP contribution is 2.36. The summed E-state index contributed by atoms with van der Waals surface area (Å²) in [5, 5.41) is 6.51. The Morgan fingerprint density at radius 2 is 1.82 bits per heavy atom. The molecule has 1 fully saturated rings. The third-order valence-electron chi connectivity index (χ3n) is 6.60. The van der Waals surface area contributed by atoms with Gasteiger partial charge in [0.2, 0.25) is 5.91 Å². The summed E-state index contributed by atoms with van der Waals surface area (Å²) < 4.78 is 67.9. The van der Waals surface area contributed by atoms with Crippen LogP contribution in [0.15, 0.2) is 51.9 Å². The summed E-state index contributed by atoms with van der Waals surface area (Å²) >= 11 is 1.42. The monoisotopic (exact) mass is 552 g/mol. The Kier molecular flexibility index (Phi) is 7.03. The lowest BCUT2D eigenvalue weighted by Crippen LogP contribution is -2.41. The van der Waals surface area contributed by atoms with Crippen LogP contribution < -0.4 is 5.56 Å². The molecule has 5 rings (SSSR count). The van der Waals surface area contributed by atoms with Crippen LogP contribution in [-0.2, 0) is 22.4 Å². The molecule has 4 heterocycles. The summed E-state index contributed by atoms with van der Waals surface area (Å²) in [6.45, 7) is 0.260. The Bertz CT molecular complexity index is 1420. The average Bonchev–Trinajstić information content (AvgIpc) is 3.55. The number of hydrogen-bond donors (Lipinski definition) is 0. The van der Waals surface area contributed by atoms with E-state index in [1.807, 2.05) is 5.38 Å². The Labute approximate surface area is 217 Å². The molecule has 1 saturated heterocycles. The third kappa shape index (κ3) is 5.33. The number of alkyl halides is 3. The molecule has 1 aromatic carbocycles. The number of piperidine rings is 1. The summed E-state index contributed by atoms with van der Waals surface area (Å²) in [7, 11) is 0. The van der Waals surface area contributed by atoms with Crippen LogP contribution in [0, 0.1) is 11.6 Å². The van der Waals surface area contributed by atoms with Crippen molar-refractivity contribution >= 4 is 23.0 Å². The Hall–Kier alpha value is -3.61. The highest BCUT2D eigenvalue weighted by atomic mass is 32.1. The maximum absolute atomic E-state index is 14.1. The summed E-state index contributed by atoms with van der Waals surface area (Å²) in [4.78, 5) is 36.2. The number of benzene rings is 1. The van der Waals surface area contributed by atoms with Gasteiger partial charge < -0.3 is 14.3 Å². The van der Waals surface area contributed by atoms with Gasteiger partial charge in [0.15, 0.2) is 6.10 Å². The van der Waals surface area contributed by atoms with E-state index >= 15 is 0 Å². The molecule has 2 aromatic heterocycles. The number of pyridine rings is 1. The lowest BCUT2D eigenvalue weighted by atomic mass is 9.97. The fourth-order valence-electron chi connectivity index (χ4n) is 4.54.